The molecule has 0 unspecified atom stereocenters. The van der Waals surface area contributed by atoms with E-state index in [1.165, 1.54) is 0 Å². The van der Waals surface area contributed by atoms with E-state index in [9.17, 15) is 14.4 Å². The molecule has 0 atom stereocenters. The first-order chi connectivity index (χ1) is 7.93. The van der Waals surface area contributed by atoms with Crippen LogP contribution in [0.25, 0.3) is 0 Å². The van der Waals surface area contributed by atoms with Gasteiger partial charge in [0.05, 0.1) is 5.56 Å². The van der Waals surface area contributed by atoms with Crippen molar-refractivity contribution in [2.75, 3.05) is 0 Å². The third-order valence-corrected chi connectivity index (χ3v) is 2.37. The lowest BCUT2D eigenvalue weighted by molar-refractivity contribution is 0.0606. The van der Waals surface area contributed by atoms with Gasteiger partial charge in [0.1, 0.15) is 5.69 Å². The molecule has 0 aromatic carbocycles. The lowest BCUT2D eigenvalue weighted by Gasteiger charge is -2.17. The Hall–Kier alpha value is -2.31. The Morgan fingerprint density at radius 1 is 1.35 bits per heavy atom. The maximum atomic E-state index is 11.8. The van der Waals surface area contributed by atoms with Crippen LogP contribution in [0.4, 0.5) is 0 Å². The summed E-state index contributed by atoms with van der Waals surface area (Å²) in [5, 5.41) is 8.71. The first kappa shape index (κ1) is 11.2. The minimum absolute atomic E-state index is 0.0497. The minimum atomic E-state index is -1.34. The predicted octanol–water partition coefficient (Wildman–Crippen LogP) is 0.179. The lowest BCUT2D eigenvalue weighted by atomic mass is 10.2. The van der Waals surface area contributed by atoms with Crippen molar-refractivity contribution < 1.29 is 19.5 Å². The standard InChI is InChI=1S/C10H9N3O4/c1-4(2)13-8(14)5-3-11-7(10(16)17)12-6(5)9(13)15/h3-4H,1-2H3,(H,16,17). The Bertz CT molecular complexity index is 538. The molecule has 2 amide bonds. The van der Waals surface area contributed by atoms with Crippen LogP contribution in [-0.2, 0) is 0 Å². The van der Waals surface area contributed by atoms with Gasteiger partial charge in [-0.25, -0.2) is 14.8 Å². The minimum Gasteiger partial charge on any atom is -0.475 e. The first-order valence-electron chi connectivity index (χ1n) is 4.91. The van der Waals surface area contributed by atoms with Crippen molar-refractivity contribution in [3.63, 3.8) is 0 Å². The Balaban J connectivity index is 2.54. The van der Waals surface area contributed by atoms with Crippen molar-refractivity contribution in [3.8, 4) is 0 Å². The van der Waals surface area contributed by atoms with Crippen molar-refractivity contribution in [3.05, 3.63) is 23.3 Å². The number of nitrogens with zero attached hydrogens (tertiary/aromatic N) is 3. The molecule has 7 heteroatoms. The molecular weight excluding hydrogens is 226 g/mol. The summed E-state index contributed by atoms with van der Waals surface area (Å²) in [5.74, 6) is -2.90. The number of carbonyl (C=O) groups is 3. The highest BCUT2D eigenvalue weighted by Crippen LogP contribution is 2.22. The van der Waals surface area contributed by atoms with Crippen molar-refractivity contribution in [1.82, 2.24) is 14.9 Å². The Kier molecular flexibility index (Phi) is 2.38. The molecular formula is C10H9N3O4. The van der Waals surface area contributed by atoms with Crippen LogP contribution >= 0.6 is 0 Å². The van der Waals surface area contributed by atoms with Gasteiger partial charge in [0.15, 0.2) is 0 Å². The quantitative estimate of drug-likeness (QED) is 0.734. The van der Waals surface area contributed by atoms with E-state index in [-0.39, 0.29) is 17.3 Å². The number of carboxylic acid groups (broad SMARTS) is 1. The molecule has 0 aliphatic carbocycles. The summed E-state index contributed by atoms with van der Waals surface area (Å²) in [6.07, 6.45) is 1.08. The van der Waals surface area contributed by atoms with Crippen LogP contribution in [0, 0.1) is 0 Å². The van der Waals surface area contributed by atoms with Gasteiger partial charge < -0.3 is 5.11 Å². The van der Waals surface area contributed by atoms with Crippen LogP contribution in [-0.4, -0.2) is 43.8 Å². The van der Waals surface area contributed by atoms with Crippen LogP contribution < -0.4 is 0 Å². The van der Waals surface area contributed by atoms with E-state index in [2.05, 4.69) is 9.97 Å². The normalized spacial score (nSPS) is 14.4. The van der Waals surface area contributed by atoms with E-state index in [1.807, 2.05) is 0 Å². The van der Waals surface area contributed by atoms with Crippen LogP contribution in [0.2, 0.25) is 0 Å². The highest BCUT2D eigenvalue weighted by Gasteiger charge is 2.39. The number of carboxylic acids is 1. The molecule has 17 heavy (non-hydrogen) atoms. The zero-order valence-electron chi connectivity index (χ0n) is 9.17. The number of amides is 2. The largest absolute Gasteiger partial charge is 0.475 e. The lowest BCUT2D eigenvalue weighted by Crippen LogP contribution is -2.36. The second kappa shape index (κ2) is 3.62. The number of hydrogen-bond donors (Lipinski definition) is 1. The number of aromatic carboxylic acids is 1. The second-order valence-corrected chi connectivity index (χ2v) is 3.84. The first-order valence-corrected chi connectivity index (χ1v) is 4.91. The predicted molar refractivity (Wildman–Crippen MR) is 54.6 cm³/mol. The van der Waals surface area contributed by atoms with Gasteiger partial charge in [-0.2, -0.15) is 0 Å². The van der Waals surface area contributed by atoms with Gasteiger partial charge in [0.2, 0.25) is 5.82 Å². The average molecular weight is 235 g/mol. The fraction of sp³-hybridized carbons (Fsp3) is 0.300. The molecule has 0 saturated heterocycles. The van der Waals surface area contributed by atoms with Gasteiger partial charge in [-0.15, -0.1) is 0 Å². The zero-order chi connectivity index (χ0) is 12.7. The maximum absolute atomic E-state index is 11.8. The Morgan fingerprint density at radius 2 is 2.00 bits per heavy atom. The number of fused-ring (bicyclic) bond motifs is 1. The highest BCUT2D eigenvalue weighted by molar-refractivity contribution is 6.20. The van der Waals surface area contributed by atoms with E-state index in [0.29, 0.717) is 0 Å². The number of imide groups is 1. The molecule has 7 nitrogen and oxygen atoms in total. The van der Waals surface area contributed by atoms with E-state index < -0.39 is 23.6 Å². The Morgan fingerprint density at radius 3 is 2.53 bits per heavy atom. The summed E-state index contributed by atoms with van der Waals surface area (Å²) in [7, 11) is 0. The van der Waals surface area contributed by atoms with Gasteiger partial charge in [0.25, 0.3) is 11.8 Å². The maximum Gasteiger partial charge on any atom is 0.373 e. The third kappa shape index (κ3) is 1.55. The van der Waals surface area contributed by atoms with Crippen LogP contribution in [0.1, 0.15) is 45.3 Å². The fourth-order valence-electron chi connectivity index (χ4n) is 1.61. The monoisotopic (exact) mass is 235 g/mol. The van der Waals surface area contributed by atoms with Crippen molar-refractivity contribution in [2.45, 2.75) is 19.9 Å². The number of aromatic nitrogens is 2. The molecule has 0 spiro atoms. The van der Waals surface area contributed by atoms with E-state index in [1.54, 1.807) is 13.8 Å². The van der Waals surface area contributed by atoms with Crippen LogP contribution in [0.3, 0.4) is 0 Å². The number of carbonyl (C=O) groups excluding carboxylic acids is 2. The zero-order valence-corrected chi connectivity index (χ0v) is 9.17. The van der Waals surface area contributed by atoms with Crippen molar-refractivity contribution >= 4 is 17.8 Å². The molecule has 1 aliphatic heterocycles. The molecule has 1 N–H and O–H groups in total. The summed E-state index contributed by atoms with van der Waals surface area (Å²) < 4.78 is 0. The summed E-state index contributed by atoms with van der Waals surface area (Å²) in [5.41, 5.74) is -0.0928. The summed E-state index contributed by atoms with van der Waals surface area (Å²) in [6.45, 7) is 3.38. The second-order valence-electron chi connectivity index (χ2n) is 3.84. The van der Waals surface area contributed by atoms with Gasteiger partial charge in [-0.05, 0) is 13.8 Å². The van der Waals surface area contributed by atoms with Gasteiger partial charge in [-0.1, -0.05) is 0 Å². The van der Waals surface area contributed by atoms with Gasteiger partial charge in [-0.3, -0.25) is 14.5 Å². The number of rotatable bonds is 2. The number of hydrogen-bond acceptors (Lipinski definition) is 5. The molecule has 1 aliphatic rings. The molecule has 0 bridgehead atoms. The summed E-state index contributed by atoms with van der Waals surface area (Å²) in [4.78, 5) is 42.5. The van der Waals surface area contributed by atoms with Crippen molar-refractivity contribution in [1.29, 1.82) is 0 Å². The fourth-order valence-corrected chi connectivity index (χ4v) is 1.61. The molecule has 0 saturated carbocycles. The smallest absolute Gasteiger partial charge is 0.373 e. The van der Waals surface area contributed by atoms with Gasteiger partial charge >= 0.3 is 5.97 Å². The topological polar surface area (TPSA) is 100 Å². The molecule has 0 fully saturated rings. The molecule has 1 aromatic heterocycles. The van der Waals surface area contributed by atoms with E-state index in [0.717, 1.165) is 11.1 Å². The SMILES string of the molecule is CC(C)N1C(=O)c2cnc(C(=O)O)nc2C1=O. The van der Waals surface area contributed by atoms with Crippen LogP contribution in [0.15, 0.2) is 6.20 Å². The summed E-state index contributed by atoms with van der Waals surface area (Å²) >= 11 is 0. The molecule has 88 valence electrons. The van der Waals surface area contributed by atoms with Crippen LogP contribution in [0.5, 0.6) is 0 Å². The molecule has 0 radical (unpaired) electrons. The molecule has 2 rings (SSSR count). The van der Waals surface area contributed by atoms with E-state index in [4.69, 9.17) is 5.11 Å². The highest BCUT2D eigenvalue weighted by atomic mass is 16.4. The molecule has 2 heterocycles. The van der Waals surface area contributed by atoms with Gasteiger partial charge in [0, 0.05) is 12.2 Å². The van der Waals surface area contributed by atoms with E-state index >= 15 is 0 Å². The summed E-state index contributed by atoms with van der Waals surface area (Å²) in [6, 6.07) is -0.308. The third-order valence-electron chi connectivity index (χ3n) is 2.37. The molecule has 1 aromatic rings. The Labute approximate surface area is 96.1 Å². The average Bonchev–Trinajstić information content (AvgIpc) is 2.51. The van der Waals surface area contributed by atoms with Crippen molar-refractivity contribution in [2.24, 2.45) is 0 Å².